The molecule has 3 rings (SSSR count). The molecule has 0 saturated carbocycles. The third-order valence-electron chi connectivity index (χ3n) is 3.81. The molecule has 0 aliphatic carbocycles. The topological polar surface area (TPSA) is 53.4 Å². The van der Waals surface area contributed by atoms with Crippen LogP contribution in [-0.4, -0.2) is 45.8 Å². The van der Waals surface area contributed by atoms with Crippen molar-refractivity contribution >= 4 is 39.2 Å². The van der Waals surface area contributed by atoms with E-state index in [9.17, 15) is 9.90 Å². The number of carbonyl (C=O) groups excluding carboxylic acids is 1. The van der Waals surface area contributed by atoms with Gasteiger partial charge in [-0.2, -0.15) is 0 Å². The van der Waals surface area contributed by atoms with Crippen molar-refractivity contribution in [2.45, 2.75) is 23.8 Å². The minimum absolute atomic E-state index is 0.137. The number of hydrogen-bond donors (Lipinski definition) is 1. The molecule has 1 saturated heterocycles. The highest BCUT2D eigenvalue weighted by Crippen LogP contribution is 2.29. The monoisotopic (exact) mass is 322 g/mol. The third-order valence-corrected chi connectivity index (χ3v) is 5.97. The second-order valence-corrected chi connectivity index (χ2v) is 7.66. The Bertz CT molecular complexity index is 610. The molecule has 112 valence electrons. The van der Waals surface area contributed by atoms with Crippen LogP contribution in [0.25, 0.3) is 10.2 Å². The number of likely N-dealkylation sites (tertiary alicyclic amines) is 1. The zero-order valence-corrected chi connectivity index (χ0v) is 13.5. The molecule has 1 fully saturated rings. The molecular weight excluding hydrogens is 304 g/mol. The zero-order chi connectivity index (χ0) is 14.8. The summed E-state index contributed by atoms with van der Waals surface area (Å²) in [5, 5.41) is 9.71. The average molecular weight is 322 g/mol. The lowest BCUT2D eigenvalue weighted by Crippen LogP contribution is -2.45. The van der Waals surface area contributed by atoms with Crippen molar-refractivity contribution in [2.75, 3.05) is 18.8 Å². The normalized spacial score (nSPS) is 22.7. The molecule has 1 aliphatic rings. The Hall–Kier alpha value is -1.11. The number of piperidine rings is 1. The van der Waals surface area contributed by atoms with E-state index in [-0.39, 0.29) is 17.9 Å². The first-order valence-corrected chi connectivity index (χ1v) is 8.88. The number of benzene rings is 1. The third kappa shape index (κ3) is 3.39. The number of aliphatic hydroxyl groups is 1. The van der Waals surface area contributed by atoms with Crippen LogP contribution >= 0.6 is 23.1 Å². The number of aliphatic hydroxyl groups excluding tert-OH is 1. The summed E-state index contributed by atoms with van der Waals surface area (Å²) in [6.45, 7) is 3.30. The number of carbonyl (C=O) groups is 1. The van der Waals surface area contributed by atoms with Gasteiger partial charge in [0.05, 0.1) is 22.1 Å². The number of hydrogen-bond acceptors (Lipinski definition) is 5. The maximum absolute atomic E-state index is 12.2. The molecule has 4 nitrogen and oxygen atoms in total. The lowest BCUT2D eigenvalue weighted by molar-refractivity contribution is -0.131. The summed E-state index contributed by atoms with van der Waals surface area (Å²) in [5.41, 5.74) is 0.993. The minimum Gasteiger partial charge on any atom is -0.393 e. The first kappa shape index (κ1) is 14.8. The SMILES string of the molecule is CC1CN(C(=O)CSc2nc3ccccc3s2)CCC1O. The van der Waals surface area contributed by atoms with Gasteiger partial charge in [0.15, 0.2) is 4.34 Å². The molecule has 1 aromatic heterocycles. The Morgan fingerprint density at radius 2 is 2.33 bits per heavy atom. The zero-order valence-electron chi connectivity index (χ0n) is 11.9. The van der Waals surface area contributed by atoms with Gasteiger partial charge in [0.1, 0.15) is 0 Å². The molecule has 6 heteroatoms. The van der Waals surface area contributed by atoms with Crippen LogP contribution in [0, 0.1) is 5.92 Å². The smallest absolute Gasteiger partial charge is 0.233 e. The summed E-state index contributed by atoms with van der Waals surface area (Å²) in [5.74, 6) is 0.719. The van der Waals surface area contributed by atoms with E-state index in [1.807, 2.05) is 36.1 Å². The molecule has 0 radical (unpaired) electrons. The summed E-state index contributed by atoms with van der Waals surface area (Å²) < 4.78 is 2.09. The maximum atomic E-state index is 12.2. The summed E-state index contributed by atoms with van der Waals surface area (Å²) in [4.78, 5) is 18.6. The molecule has 1 amide bonds. The summed E-state index contributed by atoms with van der Waals surface area (Å²) in [6.07, 6.45) is 0.407. The Morgan fingerprint density at radius 3 is 3.10 bits per heavy atom. The Morgan fingerprint density at radius 1 is 1.52 bits per heavy atom. The van der Waals surface area contributed by atoms with Crippen LogP contribution < -0.4 is 0 Å². The molecule has 21 heavy (non-hydrogen) atoms. The van der Waals surface area contributed by atoms with Crippen LogP contribution in [0.5, 0.6) is 0 Å². The van der Waals surface area contributed by atoms with E-state index in [2.05, 4.69) is 4.98 Å². The number of thioether (sulfide) groups is 1. The van der Waals surface area contributed by atoms with Gasteiger partial charge >= 0.3 is 0 Å². The maximum Gasteiger partial charge on any atom is 0.233 e. The molecule has 1 N–H and O–H groups in total. The number of thiazole rings is 1. The second-order valence-electron chi connectivity index (χ2n) is 5.41. The molecule has 0 bridgehead atoms. The quantitative estimate of drug-likeness (QED) is 0.883. The Labute approximate surface area is 132 Å². The Kier molecular flexibility index (Phi) is 4.47. The molecule has 1 aromatic carbocycles. The molecule has 2 unspecified atom stereocenters. The van der Waals surface area contributed by atoms with Crippen molar-refractivity contribution in [3.63, 3.8) is 0 Å². The van der Waals surface area contributed by atoms with E-state index in [0.29, 0.717) is 25.3 Å². The second kappa shape index (κ2) is 6.34. The first-order chi connectivity index (χ1) is 10.1. The predicted molar refractivity (Wildman–Crippen MR) is 86.7 cm³/mol. The predicted octanol–water partition coefficient (Wildman–Crippen LogP) is 2.62. The lowest BCUT2D eigenvalue weighted by atomic mass is 9.97. The van der Waals surface area contributed by atoms with Gasteiger partial charge in [-0.05, 0) is 24.5 Å². The fourth-order valence-corrected chi connectivity index (χ4v) is 4.46. The van der Waals surface area contributed by atoms with Crippen LogP contribution in [0.4, 0.5) is 0 Å². The van der Waals surface area contributed by atoms with E-state index in [0.717, 1.165) is 14.6 Å². The number of aromatic nitrogens is 1. The summed E-state index contributed by atoms with van der Waals surface area (Å²) in [7, 11) is 0. The fourth-order valence-electron chi connectivity index (χ4n) is 2.49. The largest absolute Gasteiger partial charge is 0.393 e. The minimum atomic E-state index is -0.272. The highest BCUT2D eigenvalue weighted by molar-refractivity contribution is 8.01. The van der Waals surface area contributed by atoms with E-state index in [1.165, 1.54) is 11.8 Å². The van der Waals surface area contributed by atoms with Gasteiger partial charge in [-0.15, -0.1) is 11.3 Å². The van der Waals surface area contributed by atoms with Gasteiger partial charge < -0.3 is 10.0 Å². The molecular formula is C15H18N2O2S2. The van der Waals surface area contributed by atoms with Gasteiger partial charge in [-0.3, -0.25) is 4.79 Å². The van der Waals surface area contributed by atoms with Crippen molar-refractivity contribution in [3.05, 3.63) is 24.3 Å². The van der Waals surface area contributed by atoms with Gasteiger partial charge in [0, 0.05) is 13.1 Å². The number of para-hydroxylation sites is 1. The van der Waals surface area contributed by atoms with Crippen molar-refractivity contribution < 1.29 is 9.90 Å². The van der Waals surface area contributed by atoms with Crippen LogP contribution in [-0.2, 0) is 4.79 Å². The number of nitrogens with zero attached hydrogens (tertiary/aromatic N) is 2. The molecule has 1 aliphatic heterocycles. The molecule has 2 atom stereocenters. The average Bonchev–Trinajstić information content (AvgIpc) is 2.90. The molecule has 2 aromatic rings. The van der Waals surface area contributed by atoms with E-state index in [1.54, 1.807) is 11.3 Å². The van der Waals surface area contributed by atoms with Crippen molar-refractivity contribution in [2.24, 2.45) is 5.92 Å². The van der Waals surface area contributed by atoms with Crippen molar-refractivity contribution in [1.29, 1.82) is 0 Å². The summed E-state index contributed by atoms with van der Waals surface area (Å²) >= 11 is 3.13. The lowest BCUT2D eigenvalue weighted by Gasteiger charge is -2.34. The van der Waals surface area contributed by atoms with Crippen LogP contribution in [0.2, 0.25) is 0 Å². The number of rotatable bonds is 3. The van der Waals surface area contributed by atoms with Gasteiger partial charge in [-0.25, -0.2) is 4.98 Å². The van der Waals surface area contributed by atoms with E-state index < -0.39 is 0 Å². The van der Waals surface area contributed by atoms with Crippen molar-refractivity contribution in [1.82, 2.24) is 9.88 Å². The van der Waals surface area contributed by atoms with E-state index in [4.69, 9.17) is 0 Å². The van der Waals surface area contributed by atoms with Crippen molar-refractivity contribution in [3.8, 4) is 0 Å². The highest BCUT2D eigenvalue weighted by atomic mass is 32.2. The standard InChI is InChI=1S/C15H18N2O2S2/c1-10-8-17(7-6-12(10)18)14(19)9-20-15-16-11-4-2-3-5-13(11)21-15/h2-5,10,12,18H,6-9H2,1H3. The highest BCUT2D eigenvalue weighted by Gasteiger charge is 2.27. The Balaban J connectivity index is 1.58. The van der Waals surface area contributed by atoms with E-state index >= 15 is 0 Å². The van der Waals surface area contributed by atoms with Gasteiger partial charge in [0.25, 0.3) is 0 Å². The van der Waals surface area contributed by atoms with Crippen LogP contribution in [0.15, 0.2) is 28.6 Å². The fraction of sp³-hybridized carbons (Fsp3) is 0.467. The first-order valence-electron chi connectivity index (χ1n) is 7.07. The number of fused-ring (bicyclic) bond motifs is 1. The summed E-state index contributed by atoms with van der Waals surface area (Å²) in [6, 6.07) is 8.01. The number of amides is 1. The van der Waals surface area contributed by atoms with Gasteiger partial charge in [0.2, 0.25) is 5.91 Å². The van der Waals surface area contributed by atoms with Crippen LogP contribution in [0.1, 0.15) is 13.3 Å². The molecule has 2 heterocycles. The molecule has 0 spiro atoms. The van der Waals surface area contributed by atoms with Crippen LogP contribution in [0.3, 0.4) is 0 Å². The van der Waals surface area contributed by atoms with Gasteiger partial charge in [-0.1, -0.05) is 30.8 Å².